The van der Waals surface area contributed by atoms with E-state index in [9.17, 15) is 9.90 Å². The molecule has 0 radical (unpaired) electrons. The lowest BCUT2D eigenvalue weighted by Gasteiger charge is -2.14. The lowest BCUT2D eigenvalue weighted by atomic mass is 10.00. The van der Waals surface area contributed by atoms with E-state index in [1.807, 2.05) is 32.0 Å². The van der Waals surface area contributed by atoms with Gasteiger partial charge < -0.3 is 10.0 Å². The van der Waals surface area contributed by atoms with Gasteiger partial charge in [0.05, 0.1) is 6.10 Å². The molecule has 1 amide bonds. The number of hydrogen-bond acceptors (Lipinski definition) is 2. The van der Waals surface area contributed by atoms with Gasteiger partial charge in [-0.05, 0) is 37.0 Å². The van der Waals surface area contributed by atoms with Gasteiger partial charge >= 0.3 is 0 Å². The van der Waals surface area contributed by atoms with Gasteiger partial charge in [-0.1, -0.05) is 18.2 Å². The molecular weight excluding hydrogens is 214 g/mol. The van der Waals surface area contributed by atoms with Crippen LogP contribution in [-0.4, -0.2) is 30.0 Å². The molecule has 94 valence electrons. The molecule has 1 aromatic carbocycles. The van der Waals surface area contributed by atoms with Gasteiger partial charge in [0.25, 0.3) is 0 Å². The number of benzene rings is 1. The van der Waals surface area contributed by atoms with E-state index in [1.165, 1.54) is 11.1 Å². The number of carbonyl (C=O) groups is 1. The molecule has 0 spiro atoms. The Morgan fingerprint density at radius 1 is 1.29 bits per heavy atom. The Morgan fingerprint density at radius 3 is 2.47 bits per heavy atom. The lowest BCUT2D eigenvalue weighted by molar-refractivity contribution is -0.129. The van der Waals surface area contributed by atoms with E-state index in [4.69, 9.17) is 0 Å². The zero-order valence-corrected chi connectivity index (χ0v) is 11.0. The normalized spacial score (nSPS) is 12.3. The van der Waals surface area contributed by atoms with Gasteiger partial charge in [0.2, 0.25) is 5.91 Å². The van der Waals surface area contributed by atoms with Crippen molar-refractivity contribution in [3.63, 3.8) is 0 Å². The van der Waals surface area contributed by atoms with Gasteiger partial charge in [0.15, 0.2) is 0 Å². The highest BCUT2D eigenvalue weighted by molar-refractivity contribution is 5.75. The highest BCUT2D eigenvalue weighted by Gasteiger charge is 2.12. The van der Waals surface area contributed by atoms with Crippen LogP contribution in [-0.2, 0) is 4.79 Å². The first kappa shape index (κ1) is 13.7. The summed E-state index contributed by atoms with van der Waals surface area (Å²) in [6.45, 7) is 4.07. The highest BCUT2D eigenvalue weighted by atomic mass is 16.3. The zero-order chi connectivity index (χ0) is 13.0. The van der Waals surface area contributed by atoms with Crippen molar-refractivity contribution in [2.45, 2.75) is 32.8 Å². The monoisotopic (exact) mass is 235 g/mol. The number of aliphatic hydroxyl groups excluding tert-OH is 1. The molecule has 0 aliphatic heterocycles. The summed E-state index contributed by atoms with van der Waals surface area (Å²) in [5, 5.41) is 10.00. The van der Waals surface area contributed by atoms with Crippen molar-refractivity contribution in [1.82, 2.24) is 4.90 Å². The van der Waals surface area contributed by atoms with Crippen LogP contribution >= 0.6 is 0 Å². The fourth-order valence-electron chi connectivity index (χ4n) is 1.62. The summed E-state index contributed by atoms with van der Waals surface area (Å²) in [7, 11) is 3.45. The molecule has 0 bridgehead atoms. The Morgan fingerprint density at radius 2 is 1.94 bits per heavy atom. The smallest absolute Gasteiger partial charge is 0.222 e. The van der Waals surface area contributed by atoms with Crippen LogP contribution in [0.15, 0.2) is 18.2 Å². The number of carbonyl (C=O) groups excluding carboxylic acids is 1. The van der Waals surface area contributed by atoms with Gasteiger partial charge in [-0.3, -0.25) is 4.79 Å². The first-order valence-electron chi connectivity index (χ1n) is 5.87. The van der Waals surface area contributed by atoms with Crippen LogP contribution in [0, 0.1) is 13.8 Å². The van der Waals surface area contributed by atoms with Crippen molar-refractivity contribution in [2.75, 3.05) is 14.1 Å². The lowest BCUT2D eigenvalue weighted by Crippen LogP contribution is -2.21. The molecule has 0 aromatic heterocycles. The molecule has 0 saturated carbocycles. The quantitative estimate of drug-likeness (QED) is 0.869. The van der Waals surface area contributed by atoms with Gasteiger partial charge in [0.1, 0.15) is 0 Å². The SMILES string of the molecule is Cc1ccc(C(O)CCC(=O)N(C)C)cc1C. The summed E-state index contributed by atoms with van der Waals surface area (Å²) >= 11 is 0. The van der Waals surface area contributed by atoms with Gasteiger partial charge in [-0.15, -0.1) is 0 Å². The maximum Gasteiger partial charge on any atom is 0.222 e. The van der Waals surface area contributed by atoms with E-state index < -0.39 is 6.10 Å². The number of amides is 1. The molecule has 0 aliphatic rings. The average Bonchev–Trinajstić information content (AvgIpc) is 2.28. The fraction of sp³-hybridized carbons (Fsp3) is 0.500. The molecule has 0 saturated heterocycles. The van der Waals surface area contributed by atoms with Crippen LogP contribution in [0.3, 0.4) is 0 Å². The third-order valence-electron chi connectivity index (χ3n) is 3.05. The van der Waals surface area contributed by atoms with Crippen molar-refractivity contribution in [1.29, 1.82) is 0 Å². The van der Waals surface area contributed by atoms with Gasteiger partial charge in [-0.2, -0.15) is 0 Å². The molecule has 1 rings (SSSR count). The molecule has 0 heterocycles. The Bertz CT molecular complexity index is 399. The second-order valence-corrected chi connectivity index (χ2v) is 4.69. The number of nitrogens with zero attached hydrogens (tertiary/aromatic N) is 1. The predicted octanol–water partition coefficient (Wildman–Crippen LogP) is 2.21. The standard InChI is InChI=1S/C14H21NO2/c1-10-5-6-12(9-11(10)2)13(16)7-8-14(17)15(3)4/h5-6,9,13,16H,7-8H2,1-4H3. The first-order chi connectivity index (χ1) is 7.91. The van der Waals surface area contributed by atoms with E-state index in [2.05, 4.69) is 0 Å². The second kappa shape index (κ2) is 5.82. The van der Waals surface area contributed by atoms with E-state index in [1.54, 1.807) is 19.0 Å². The summed E-state index contributed by atoms with van der Waals surface area (Å²) in [5.74, 6) is 0.0490. The summed E-state index contributed by atoms with van der Waals surface area (Å²) in [6.07, 6.45) is 0.291. The molecular formula is C14H21NO2. The van der Waals surface area contributed by atoms with Crippen molar-refractivity contribution in [2.24, 2.45) is 0 Å². The van der Waals surface area contributed by atoms with Crippen molar-refractivity contribution >= 4 is 5.91 Å². The van der Waals surface area contributed by atoms with Crippen molar-refractivity contribution in [3.8, 4) is 0 Å². The summed E-state index contributed by atoms with van der Waals surface area (Å²) in [5.41, 5.74) is 3.27. The van der Waals surface area contributed by atoms with E-state index in [0.717, 1.165) is 5.56 Å². The first-order valence-corrected chi connectivity index (χ1v) is 5.87. The minimum atomic E-state index is -0.557. The van der Waals surface area contributed by atoms with Crippen LogP contribution in [0.2, 0.25) is 0 Å². The van der Waals surface area contributed by atoms with Crippen LogP contribution in [0.4, 0.5) is 0 Å². The van der Waals surface area contributed by atoms with Crippen LogP contribution < -0.4 is 0 Å². The third-order valence-corrected chi connectivity index (χ3v) is 3.05. The second-order valence-electron chi connectivity index (χ2n) is 4.69. The molecule has 17 heavy (non-hydrogen) atoms. The minimum absolute atomic E-state index is 0.0490. The number of aliphatic hydroxyl groups is 1. The largest absolute Gasteiger partial charge is 0.388 e. The van der Waals surface area contributed by atoms with Crippen molar-refractivity contribution < 1.29 is 9.90 Å². The molecule has 3 heteroatoms. The average molecular weight is 235 g/mol. The summed E-state index contributed by atoms with van der Waals surface area (Å²) < 4.78 is 0. The van der Waals surface area contributed by atoms with Crippen LogP contribution in [0.1, 0.15) is 35.6 Å². The van der Waals surface area contributed by atoms with Crippen LogP contribution in [0.25, 0.3) is 0 Å². The van der Waals surface area contributed by atoms with Crippen LogP contribution in [0.5, 0.6) is 0 Å². The van der Waals surface area contributed by atoms with E-state index in [-0.39, 0.29) is 5.91 Å². The molecule has 1 aromatic rings. The molecule has 1 N–H and O–H groups in total. The Labute approximate surface area is 103 Å². The third kappa shape index (κ3) is 3.86. The number of hydrogen-bond donors (Lipinski definition) is 1. The summed E-state index contributed by atoms with van der Waals surface area (Å²) in [6, 6.07) is 5.91. The molecule has 0 aliphatic carbocycles. The van der Waals surface area contributed by atoms with E-state index in [0.29, 0.717) is 12.8 Å². The molecule has 3 nitrogen and oxygen atoms in total. The molecule has 1 atom stereocenters. The molecule has 1 unspecified atom stereocenters. The highest BCUT2D eigenvalue weighted by Crippen LogP contribution is 2.21. The summed E-state index contributed by atoms with van der Waals surface area (Å²) in [4.78, 5) is 13.0. The number of aryl methyl sites for hydroxylation is 2. The molecule has 0 fully saturated rings. The fourth-order valence-corrected chi connectivity index (χ4v) is 1.62. The Kier molecular flexibility index (Phi) is 4.70. The zero-order valence-electron chi connectivity index (χ0n) is 11.0. The Hall–Kier alpha value is -1.35. The van der Waals surface area contributed by atoms with Gasteiger partial charge in [-0.25, -0.2) is 0 Å². The maximum atomic E-state index is 11.4. The predicted molar refractivity (Wildman–Crippen MR) is 68.8 cm³/mol. The van der Waals surface area contributed by atoms with Gasteiger partial charge in [0, 0.05) is 20.5 Å². The maximum absolute atomic E-state index is 11.4. The topological polar surface area (TPSA) is 40.5 Å². The minimum Gasteiger partial charge on any atom is -0.388 e. The number of rotatable bonds is 4. The van der Waals surface area contributed by atoms with Crippen molar-refractivity contribution in [3.05, 3.63) is 34.9 Å². The van der Waals surface area contributed by atoms with E-state index >= 15 is 0 Å². The Balaban J connectivity index is 2.61.